The molecule has 0 saturated carbocycles. The zero-order valence-corrected chi connectivity index (χ0v) is 12.0. The van der Waals surface area contributed by atoms with Crippen LogP contribution in [-0.2, 0) is 10.0 Å². The van der Waals surface area contributed by atoms with Gasteiger partial charge in [-0.15, -0.1) is 0 Å². The molecule has 0 radical (unpaired) electrons. The molecule has 0 aliphatic heterocycles. The van der Waals surface area contributed by atoms with E-state index in [1.165, 1.54) is 18.2 Å². The lowest BCUT2D eigenvalue weighted by Gasteiger charge is -2.08. The highest BCUT2D eigenvalue weighted by Gasteiger charge is 2.22. The summed E-state index contributed by atoms with van der Waals surface area (Å²) in [5, 5.41) is 21.3. The van der Waals surface area contributed by atoms with Crippen molar-refractivity contribution in [1.29, 1.82) is 0 Å². The molecule has 2 rings (SSSR count). The summed E-state index contributed by atoms with van der Waals surface area (Å²) in [4.78, 5) is 19.0. The Morgan fingerprint density at radius 1 is 1.00 bits per heavy atom. The second-order valence-corrected chi connectivity index (χ2v) is 5.97. The number of hydrogen-bond donors (Lipinski definition) is 1. The number of anilines is 1. The Bertz CT molecular complexity index is 899. The number of nitrogens with one attached hydrogen (secondary N) is 1. The van der Waals surface area contributed by atoms with E-state index in [2.05, 4.69) is 0 Å². The summed E-state index contributed by atoms with van der Waals surface area (Å²) in [6.45, 7) is 0. The molecule has 0 aliphatic rings. The van der Waals surface area contributed by atoms with Crippen LogP contribution in [0.2, 0.25) is 0 Å². The van der Waals surface area contributed by atoms with Crippen molar-refractivity contribution in [3.8, 4) is 0 Å². The number of benzene rings is 2. The van der Waals surface area contributed by atoms with E-state index in [0.29, 0.717) is 12.1 Å². The van der Waals surface area contributed by atoms with Gasteiger partial charge in [0.05, 0.1) is 20.4 Å². The second-order valence-electron chi connectivity index (χ2n) is 4.28. The molecule has 9 nitrogen and oxygen atoms in total. The third kappa shape index (κ3) is 3.58. The van der Waals surface area contributed by atoms with E-state index in [1.54, 1.807) is 0 Å². The smallest absolute Gasteiger partial charge is 0.279 e. The van der Waals surface area contributed by atoms with Gasteiger partial charge in [0.15, 0.2) is 0 Å². The lowest BCUT2D eigenvalue weighted by molar-refractivity contribution is -0.387. The van der Waals surface area contributed by atoms with Gasteiger partial charge in [0.2, 0.25) is 5.82 Å². The summed E-state index contributed by atoms with van der Waals surface area (Å²) in [5.41, 5.74) is -1.44. The molecule has 0 spiro atoms. The van der Waals surface area contributed by atoms with Crippen LogP contribution in [0.25, 0.3) is 0 Å². The Kier molecular flexibility index (Phi) is 4.22. The van der Waals surface area contributed by atoms with Crippen molar-refractivity contribution in [2.75, 3.05) is 4.72 Å². The maximum Gasteiger partial charge on any atom is 0.306 e. The minimum Gasteiger partial charge on any atom is -0.279 e. The highest BCUT2D eigenvalue weighted by atomic mass is 32.2. The highest BCUT2D eigenvalue weighted by Crippen LogP contribution is 2.24. The van der Waals surface area contributed by atoms with Gasteiger partial charge in [0.1, 0.15) is 0 Å². The third-order valence-electron chi connectivity index (χ3n) is 2.73. The molecular formula is C12H8FN3O6S. The van der Waals surface area contributed by atoms with Crippen molar-refractivity contribution in [3.05, 3.63) is 68.5 Å². The first kappa shape index (κ1) is 16.3. The Balaban J connectivity index is 2.40. The quantitative estimate of drug-likeness (QED) is 0.656. The maximum absolute atomic E-state index is 13.2. The van der Waals surface area contributed by atoms with Crippen molar-refractivity contribution in [2.24, 2.45) is 0 Å². The molecule has 0 unspecified atom stereocenters. The van der Waals surface area contributed by atoms with E-state index in [0.717, 1.165) is 12.1 Å². The van der Waals surface area contributed by atoms with Crippen molar-refractivity contribution >= 4 is 27.1 Å². The number of nitro groups is 2. The van der Waals surface area contributed by atoms with Gasteiger partial charge in [-0.1, -0.05) is 6.07 Å². The van der Waals surface area contributed by atoms with E-state index in [-0.39, 0.29) is 11.4 Å². The van der Waals surface area contributed by atoms with E-state index in [1.807, 2.05) is 4.72 Å². The Morgan fingerprint density at radius 3 is 2.30 bits per heavy atom. The van der Waals surface area contributed by atoms with E-state index >= 15 is 0 Å². The fourth-order valence-electron chi connectivity index (χ4n) is 1.70. The molecule has 0 heterocycles. The topological polar surface area (TPSA) is 132 Å². The predicted molar refractivity (Wildman–Crippen MR) is 77.0 cm³/mol. The van der Waals surface area contributed by atoms with Crippen LogP contribution in [0.1, 0.15) is 0 Å². The summed E-state index contributed by atoms with van der Waals surface area (Å²) in [6, 6.07) is 6.75. The average Bonchev–Trinajstić information content (AvgIpc) is 2.46. The summed E-state index contributed by atoms with van der Waals surface area (Å²) >= 11 is 0. The minimum absolute atomic E-state index is 0.105. The Labute approximate surface area is 128 Å². The van der Waals surface area contributed by atoms with Gasteiger partial charge >= 0.3 is 5.69 Å². The molecule has 0 saturated heterocycles. The number of non-ortho nitro benzene ring substituents is 1. The van der Waals surface area contributed by atoms with Crippen molar-refractivity contribution in [3.63, 3.8) is 0 Å². The molecule has 0 fully saturated rings. The van der Waals surface area contributed by atoms with E-state index in [9.17, 15) is 33.0 Å². The van der Waals surface area contributed by atoms with Crippen LogP contribution >= 0.6 is 0 Å². The van der Waals surface area contributed by atoms with Gasteiger partial charge in [0.25, 0.3) is 15.7 Å². The molecule has 1 N–H and O–H groups in total. The van der Waals surface area contributed by atoms with Crippen LogP contribution in [0, 0.1) is 26.0 Å². The normalized spacial score (nSPS) is 11.0. The molecule has 0 atom stereocenters. The van der Waals surface area contributed by atoms with Crippen LogP contribution < -0.4 is 4.72 Å². The number of sulfonamides is 1. The number of halogens is 1. The van der Waals surface area contributed by atoms with Crippen LogP contribution in [0.15, 0.2) is 47.4 Å². The second kappa shape index (κ2) is 5.96. The lowest BCUT2D eigenvalue weighted by Crippen LogP contribution is -2.13. The first-order chi connectivity index (χ1) is 10.7. The minimum atomic E-state index is -4.27. The zero-order valence-electron chi connectivity index (χ0n) is 11.2. The van der Waals surface area contributed by atoms with Crippen molar-refractivity contribution in [2.45, 2.75) is 4.90 Å². The van der Waals surface area contributed by atoms with Crippen molar-refractivity contribution < 1.29 is 22.7 Å². The van der Waals surface area contributed by atoms with Crippen molar-refractivity contribution in [1.82, 2.24) is 0 Å². The molecule has 23 heavy (non-hydrogen) atoms. The average molecular weight is 341 g/mol. The fraction of sp³-hybridized carbons (Fsp3) is 0. The molecule has 0 bridgehead atoms. The molecule has 2 aromatic rings. The van der Waals surface area contributed by atoms with Gasteiger partial charge < -0.3 is 0 Å². The molecule has 2 aromatic carbocycles. The Morgan fingerprint density at radius 2 is 1.70 bits per heavy atom. The molecule has 120 valence electrons. The summed E-state index contributed by atoms with van der Waals surface area (Å²) in [5.74, 6) is -1.18. The van der Waals surface area contributed by atoms with Crippen LogP contribution in [-0.4, -0.2) is 18.3 Å². The fourth-order valence-corrected chi connectivity index (χ4v) is 2.77. The van der Waals surface area contributed by atoms with E-state index < -0.39 is 36.3 Å². The summed E-state index contributed by atoms with van der Waals surface area (Å²) in [7, 11) is -4.27. The summed E-state index contributed by atoms with van der Waals surface area (Å²) < 4.78 is 39.6. The SMILES string of the molecule is O=[N+]([O-])c1cccc(NS(=O)(=O)c2ccc(F)c([N+](=O)[O-])c2)c1. The monoisotopic (exact) mass is 341 g/mol. The lowest BCUT2D eigenvalue weighted by atomic mass is 10.3. The molecule has 0 amide bonds. The molecule has 11 heteroatoms. The van der Waals surface area contributed by atoms with Gasteiger partial charge in [-0.05, 0) is 18.2 Å². The largest absolute Gasteiger partial charge is 0.306 e. The number of nitrogens with zero attached hydrogens (tertiary/aromatic N) is 2. The number of hydrogen-bond acceptors (Lipinski definition) is 6. The van der Waals surface area contributed by atoms with Crippen LogP contribution in [0.3, 0.4) is 0 Å². The molecular weight excluding hydrogens is 333 g/mol. The molecule has 0 aromatic heterocycles. The zero-order chi connectivity index (χ0) is 17.2. The van der Waals surface area contributed by atoms with Crippen LogP contribution in [0.5, 0.6) is 0 Å². The van der Waals surface area contributed by atoms with Gasteiger partial charge in [0, 0.05) is 18.2 Å². The maximum atomic E-state index is 13.2. The number of rotatable bonds is 5. The molecule has 0 aliphatic carbocycles. The number of nitro benzene ring substituents is 2. The first-order valence-corrected chi connectivity index (χ1v) is 7.40. The van der Waals surface area contributed by atoms with Crippen LogP contribution in [0.4, 0.5) is 21.5 Å². The van der Waals surface area contributed by atoms with Gasteiger partial charge in [-0.25, -0.2) is 8.42 Å². The predicted octanol–water partition coefficient (Wildman–Crippen LogP) is 2.44. The Hall–Kier alpha value is -3.08. The first-order valence-electron chi connectivity index (χ1n) is 5.92. The van der Waals surface area contributed by atoms with E-state index in [4.69, 9.17) is 0 Å². The van der Waals surface area contributed by atoms with Gasteiger partial charge in [-0.2, -0.15) is 4.39 Å². The standard InChI is InChI=1S/C12H8FN3O6S/c13-11-5-4-10(7-12(11)16(19)20)23(21,22)14-8-2-1-3-9(6-8)15(17)18/h1-7,14H. The highest BCUT2D eigenvalue weighted by molar-refractivity contribution is 7.92. The summed E-state index contributed by atoms with van der Waals surface area (Å²) in [6.07, 6.45) is 0. The van der Waals surface area contributed by atoms with Gasteiger partial charge in [-0.3, -0.25) is 25.0 Å². The third-order valence-corrected chi connectivity index (χ3v) is 4.11.